The lowest BCUT2D eigenvalue weighted by Crippen LogP contribution is -1.95. The summed E-state index contributed by atoms with van der Waals surface area (Å²) in [5, 5.41) is 9.38. The van der Waals surface area contributed by atoms with Crippen molar-refractivity contribution >= 4 is 43.5 Å². The standard InChI is InChI=1S/C18H15Br2NO/c1-2-9-22-18-8-3-13(11-17(18)20)10-15(12-21)14-4-6-16(19)7-5-14/h3-8,10-11H,2,9H2,1H3/b15-10+. The first kappa shape index (κ1) is 16.8. The lowest BCUT2D eigenvalue weighted by atomic mass is 10.0. The number of hydrogen-bond donors (Lipinski definition) is 0. The van der Waals surface area contributed by atoms with Gasteiger partial charge in [0.25, 0.3) is 0 Å². The van der Waals surface area contributed by atoms with Gasteiger partial charge in [0.15, 0.2) is 0 Å². The minimum Gasteiger partial charge on any atom is -0.492 e. The molecule has 0 aliphatic heterocycles. The highest BCUT2D eigenvalue weighted by atomic mass is 79.9. The van der Waals surface area contributed by atoms with Gasteiger partial charge >= 0.3 is 0 Å². The first-order chi connectivity index (χ1) is 10.6. The van der Waals surface area contributed by atoms with E-state index in [2.05, 4.69) is 44.9 Å². The second kappa shape index (κ2) is 8.17. The van der Waals surface area contributed by atoms with Gasteiger partial charge in [-0.05, 0) is 63.8 Å². The minimum absolute atomic E-state index is 0.627. The fourth-order valence-electron chi connectivity index (χ4n) is 1.91. The van der Waals surface area contributed by atoms with Crippen LogP contribution in [-0.2, 0) is 0 Å². The predicted molar refractivity (Wildman–Crippen MR) is 97.6 cm³/mol. The molecule has 0 atom stereocenters. The van der Waals surface area contributed by atoms with Crippen LogP contribution in [0, 0.1) is 11.3 Å². The molecule has 0 aliphatic rings. The molecular weight excluding hydrogens is 406 g/mol. The summed E-state index contributed by atoms with van der Waals surface area (Å²) in [7, 11) is 0. The van der Waals surface area contributed by atoms with Crippen LogP contribution in [0.1, 0.15) is 24.5 Å². The Morgan fingerprint density at radius 2 is 1.91 bits per heavy atom. The highest BCUT2D eigenvalue weighted by Crippen LogP contribution is 2.28. The van der Waals surface area contributed by atoms with E-state index in [9.17, 15) is 5.26 Å². The van der Waals surface area contributed by atoms with Gasteiger partial charge in [0, 0.05) is 4.47 Å². The summed E-state index contributed by atoms with van der Waals surface area (Å²) in [4.78, 5) is 0. The fourth-order valence-corrected chi connectivity index (χ4v) is 2.69. The van der Waals surface area contributed by atoms with Crippen molar-refractivity contribution in [3.05, 3.63) is 62.5 Å². The Bertz CT molecular complexity index is 715. The molecule has 2 aromatic rings. The van der Waals surface area contributed by atoms with E-state index in [1.165, 1.54) is 0 Å². The van der Waals surface area contributed by atoms with E-state index in [1.54, 1.807) is 0 Å². The molecule has 0 spiro atoms. The number of halogens is 2. The van der Waals surface area contributed by atoms with Crippen LogP contribution in [-0.4, -0.2) is 6.61 Å². The molecule has 0 amide bonds. The number of ether oxygens (including phenoxy) is 1. The Kier molecular flexibility index (Phi) is 6.23. The Labute approximate surface area is 147 Å². The second-order valence-corrected chi connectivity index (χ2v) is 6.49. The quantitative estimate of drug-likeness (QED) is 0.434. The highest BCUT2D eigenvalue weighted by Gasteiger charge is 2.04. The van der Waals surface area contributed by atoms with Gasteiger partial charge in [-0.25, -0.2) is 0 Å². The van der Waals surface area contributed by atoms with E-state index < -0.39 is 0 Å². The maximum absolute atomic E-state index is 9.38. The minimum atomic E-state index is 0.627. The van der Waals surface area contributed by atoms with Gasteiger partial charge in [-0.15, -0.1) is 0 Å². The molecule has 0 unspecified atom stereocenters. The number of nitriles is 1. The Balaban J connectivity index is 2.28. The van der Waals surface area contributed by atoms with Crippen LogP contribution in [0.2, 0.25) is 0 Å². The van der Waals surface area contributed by atoms with Gasteiger partial charge in [0.05, 0.1) is 22.7 Å². The first-order valence-corrected chi connectivity index (χ1v) is 8.52. The SMILES string of the molecule is CCCOc1ccc(/C=C(\C#N)c2ccc(Br)cc2)cc1Br. The molecule has 2 aromatic carbocycles. The molecule has 2 rings (SSSR count). The Morgan fingerprint density at radius 1 is 1.18 bits per heavy atom. The van der Waals surface area contributed by atoms with Crippen molar-refractivity contribution < 1.29 is 4.74 Å². The molecular formula is C18H15Br2NO. The molecule has 112 valence electrons. The number of nitrogens with zero attached hydrogens (tertiary/aromatic N) is 1. The fraction of sp³-hybridized carbons (Fsp3) is 0.167. The molecule has 22 heavy (non-hydrogen) atoms. The van der Waals surface area contributed by atoms with Gasteiger partial charge in [0.2, 0.25) is 0 Å². The van der Waals surface area contributed by atoms with Crippen LogP contribution in [0.25, 0.3) is 11.6 Å². The monoisotopic (exact) mass is 419 g/mol. The first-order valence-electron chi connectivity index (χ1n) is 6.94. The summed E-state index contributed by atoms with van der Waals surface area (Å²) < 4.78 is 7.52. The van der Waals surface area contributed by atoms with E-state index in [0.29, 0.717) is 12.2 Å². The van der Waals surface area contributed by atoms with Crippen LogP contribution in [0.3, 0.4) is 0 Å². The number of benzene rings is 2. The van der Waals surface area contributed by atoms with Crippen LogP contribution < -0.4 is 4.74 Å². The third-order valence-electron chi connectivity index (χ3n) is 3.00. The van der Waals surface area contributed by atoms with Crippen molar-refractivity contribution in [2.75, 3.05) is 6.61 Å². The van der Waals surface area contributed by atoms with Gasteiger partial charge in [-0.3, -0.25) is 0 Å². The van der Waals surface area contributed by atoms with Crippen molar-refractivity contribution in [2.24, 2.45) is 0 Å². The second-order valence-electron chi connectivity index (χ2n) is 4.72. The predicted octanol–water partition coefficient (Wildman–Crippen LogP) is 6.06. The molecule has 0 aliphatic carbocycles. The van der Waals surface area contributed by atoms with Gasteiger partial charge in [-0.1, -0.05) is 41.1 Å². The van der Waals surface area contributed by atoms with Crippen molar-refractivity contribution in [3.63, 3.8) is 0 Å². The zero-order valence-electron chi connectivity index (χ0n) is 12.1. The molecule has 0 radical (unpaired) electrons. The summed E-state index contributed by atoms with van der Waals surface area (Å²) in [6.45, 7) is 2.76. The van der Waals surface area contributed by atoms with Crippen LogP contribution in [0.4, 0.5) is 0 Å². The lowest BCUT2D eigenvalue weighted by molar-refractivity contribution is 0.315. The van der Waals surface area contributed by atoms with E-state index in [1.807, 2.05) is 48.5 Å². The molecule has 0 saturated carbocycles. The average Bonchev–Trinajstić information content (AvgIpc) is 2.53. The average molecular weight is 421 g/mol. The van der Waals surface area contributed by atoms with Crippen LogP contribution >= 0.6 is 31.9 Å². The van der Waals surface area contributed by atoms with Gasteiger partial charge < -0.3 is 4.74 Å². The maximum Gasteiger partial charge on any atom is 0.133 e. The van der Waals surface area contributed by atoms with E-state index >= 15 is 0 Å². The summed E-state index contributed by atoms with van der Waals surface area (Å²) >= 11 is 6.91. The molecule has 0 aromatic heterocycles. The van der Waals surface area contributed by atoms with E-state index in [4.69, 9.17) is 4.74 Å². The normalized spacial score (nSPS) is 11.1. The summed E-state index contributed by atoms with van der Waals surface area (Å²) in [5.74, 6) is 0.821. The molecule has 4 heteroatoms. The van der Waals surface area contributed by atoms with E-state index in [-0.39, 0.29) is 0 Å². The van der Waals surface area contributed by atoms with Crippen molar-refractivity contribution in [3.8, 4) is 11.8 Å². The summed E-state index contributed by atoms with van der Waals surface area (Å²) in [6, 6.07) is 15.8. The van der Waals surface area contributed by atoms with Crippen molar-refractivity contribution in [2.45, 2.75) is 13.3 Å². The van der Waals surface area contributed by atoms with Gasteiger partial charge in [-0.2, -0.15) is 5.26 Å². The lowest BCUT2D eigenvalue weighted by Gasteiger charge is -2.08. The number of rotatable bonds is 5. The summed E-state index contributed by atoms with van der Waals surface area (Å²) in [6.07, 6.45) is 2.84. The van der Waals surface area contributed by atoms with Crippen molar-refractivity contribution in [1.29, 1.82) is 5.26 Å². The molecule has 0 N–H and O–H groups in total. The largest absolute Gasteiger partial charge is 0.492 e. The molecule has 0 saturated heterocycles. The van der Waals surface area contributed by atoms with Crippen molar-refractivity contribution in [1.82, 2.24) is 0 Å². The number of hydrogen-bond acceptors (Lipinski definition) is 2. The Morgan fingerprint density at radius 3 is 2.50 bits per heavy atom. The topological polar surface area (TPSA) is 33.0 Å². The Hall–Kier alpha value is -1.57. The maximum atomic E-state index is 9.38. The smallest absolute Gasteiger partial charge is 0.133 e. The third-order valence-corrected chi connectivity index (χ3v) is 4.15. The van der Waals surface area contributed by atoms with Crippen LogP contribution in [0.5, 0.6) is 5.75 Å². The molecule has 0 fully saturated rings. The van der Waals surface area contributed by atoms with Gasteiger partial charge in [0.1, 0.15) is 5.75 Å². The van der Waals surface area contributed by atoms with Crippen LogP contribution in [0.15, 0.2) is 51.4 Å². The van der Waals surface area contributed by atoms with E-state index in [0.717, 1.165) is 32.2 Å². The third kappa shape index (κ3) is 4.46. The zero-order chi connectivity index (χ0) is 15.9. The number of allylic oxidation sites excluding steroid dienone is 1. The molecule has 0 bridgehead atoms. The summed E-state index contributed by atoms with van der Waals surface area (Å²) in [5.41, 5.74) is 2.48. The molecule has 2 nitrogen and oxygen atoms in total. The zero-order valence-corrected chi connectivity index (χ0v) is 15.3. The highest BCUT2D eigenvalue weighted by molar-refractivity contribution is 9.10. The molecule has 0 heterocycles.